The van der Waals surface area contributed by atoms with Gasteiger partial charge in [0.15, 0.2) is 0 Å². The van der Waals surface area contributed by atoms with Crippen molar-refractivity contribution in [3.63, 3.8) is 0 Å². The van der Waals surface area contributed by atoms with Crippen LogP contribution in [0.2, 0.25) is 0 Å². The molecule has 0 radical (unpaired) electrons. The fourth-order valence-electron chi connectivity index (χ4n) is 5.93. The van der Waals surface area contributed by atoms with Crippen molar-refractivity contribution < 1.29 is 13.9 Å². The number of nitrogens with zero attached hydrogens (tertiary/aromatic N) is 5. The van der Waals surface area contributed by atoms with Gasteiger partial charge >= 0.3 is 0 Å². The van der Waals surface area contributed by atoms with Crippen LogP contribution in [0, 0.1) is 11.6 Å². The summed E-state index contributed by atoms with van der Waals surface area (Å²) in [5.74, 6) is -0.932. The highest BCUT2D eigenvalue weighted by molar-refractivity contribution is 5.82. The number of anilines is 1. The number of nitrogens with one attached hydrogen (secondary N) is 1. The zero-order valence-electron chi connectivity index (χ0n) is 22.3. The molecule has 2 atom stereocenters. The minimum Gasteiger partial charge on any atom is -0.382 e. The van der Waals surface area contributed by atoms with Gasteiger partial charge in [0.05, 0.1) is 18.1 Å². The van der Waals surface area contributed by atoms with Crippen molar-refractivity contribution >= 4 is 16.6 Å². The minimum absolute atomic E-state index is 0.0371. The molecule has 0 amide bonds. The van der Waals surface area contributed by atoms with E-state index in [0.29, 0.717) is 12.0 Å². The molecule has 2 heterocycles. The first-order valence-electron chi connectivity index (χ1n) is 13.7. The van der Waals surface area contributed by atoms with Crippen molar-refractivity contribution in [3.05, 3.63) is 108 Å². The number of aromatic nitrogens is 5. The zero-order valence-corrected chi connectivity index (χ0v) is 22.3. The zero-order chi connectivity index (χ0) is 27.7. The summed E-state index contributed by atoms with van der Waals surface area (Å²) < 4.78 is 31.7. The molecule has 6 rings (SSSR count). The van der Waals surface area contributed by atoms with Crippen LogP contribution in [-0.4, -0.2) is 35.7 Å². The van der Waals surface area contributed by atoms with Gasteiger partial charge in [-0.15, -0.1) is 0 Å². The molecule has 0 saturated heterocycles. The van der Waals surface area contributed by atoms with Crippen LogP contribution in [-0.2, 0) is 12.1 Å². The third-order valence-electron chi connectivity index (χ3n) is 8.25. The molecule has 0 unspecified atom stereocenters. The summed E-state index contributed by atoms with van der Waals surface area (Å²) in [5, 5.41) is 25.3. The Bertz CT molecular complexity index is 1580. The van der Waals surface area contributed by atoms with Gasteiger partial charge < -0.3 is 10.4 Å². The van der Waals surface area contributed by atoms with Crippen LogP contribution in [0.5, 0.6) is 0 Å². The van der Waals surface area contributed by atoms with Crippen LogP contribution in [0.15, 0.2) is 85.6 Å². The lowest BCUT2D eigenvalue weighted by Crippen LogP contribution is -2.40. The fraction of sp³-hybridized carbons (Fsp3) is 0.323. The van der Waals surface area contributed by atoms with E-state index in [4.69, 9.17) is 5.10 Å². The van der Waals surface area contributed by atoms with Crippen LogP contribution in [0.4, 0.5) is 14.5 Å². The van der Waals surface area contributed by atoms with E-state index >= 15 is 0 Å². The van der Waals surface area contributed by atoms with Crippen LogP contribution in [0.1, 0.15) is 55.7 Å². The summed E-state index contributed by atoms with van der Waals surface area (Å²) in [6, 6.07) is 19.7. The highest BCUT2D eigenvalue weighted by Crippen LogP contribution is 2.38. The summed E-state index contributed by atoms with van der Waals surface area (Å²) in [5.41, 5.74) is 1.38. The number of hydrogen-bond acceptors (Lipinski definition) is 5. The second-order valence-corrected chi connectivity index (χ2v) is 10.8. The van der Waals surface area contributed by atoms with Crippen molar-refractivity contribution in [1.29, 1.82) is 0 Å². The number of halogens is 2. The Morgan fingerprint density at radius 2 is 1.82 bits per heavy atom. The number of hydrogen-bond donors (Lipinski definition) is 2. The van der Waals surface area contributed by atoms with E-state index in [9.17, 15) is 13.9 Å². The van der Waals surface area contributed by atoms with Crippen molar-refractivity contribution in [2.24, 2.45) is 0 Å². The van der Waals surface area contributed by atoms with Crippen LogP contribution >= 0.6 is 0 Å². The van der Waals surface area contributed by atoms with E-state index in [-0.39, 0.29) is 12.1 Å². The fourth-order valence-corrected chi connectivity index (χ4v) is 5.93. The predicted octanol–water partition coefficient (Wildman–Crippen LogP) is 6.19. The second-order valence-electron chi connectivity index (χ2n) is 10.8. The standard InChI is InChI=1S/C31H32F2N6O/c1-21(31(40,18-38-20-34-19-35-38)28-13-9-25(32)16-29(28)33)39-17-24-15-27(12-14-30(24)37-39)36-26-10-7-23(8-11-26)22-5-3-2-4-6-22/h2-6,9,12-17,19-21,23,26,36,40H,7-8,10-11,18H2,1H3/t21-,23?,26?,31-/m1/s1. The third kappa shape index (κ3) is 5.21. The SMILES string of the molecule is C[C@@H](n1cc2cc(NC3CCC(c4ccccc4)CC3)ccc2n1)[C@](O)(Cn1cncn1)c1ccc(F)cc1F. The average Bonchev–Trinajstić information content (AvgIpc) is 3.63. The van der Waals surface area contributed by atoms with E-state index in [0.717, 1.165) is 54.4 Å². The van der Waals surface area contributed by atoms with Gasteiger partial charge in [0.1, 0.15) is 29.9 Å². The molecule has 0 bridgehead atoms. The van der Waals surface area contributed by atoms with Gasteiger partial charge in [-0.25, -0.2) is 18.4 Å². The maximum absolute atomic E-state index is 15.0. The predicted molar refractivity (Wildman–Crippen MR) is 150 cm³/mol. The van der Waals surface area contributed by atoms with Gasteiger partial charge in [0.25, 0.3) is 0 Å². The Balaban J connectivity index is 1.22. The summed E-state index contributed by atoms with van der Waals surface area (Å²) in [7, 11) is 0. The molecule has 7 nitrogen and oxygen atoms in total. The normalized spacial score (nSPS) is 19.8. The first kappa shape index (κ1) is 26.1. The molecule has 1 aliphatic rings. The molecule has 0 spiro atoms. The molecule has 1 aliphatic carbocycles. The van der Waals surface area contributed by atoms with Crippen LogP contribution < -0.4 is 5.32 Å². The summed E-state index contributed by atoms with van der Waals surface area (Å²) in [6.45, 7) is 1.67. The molecule has 5 aromatic rings. The third-order valence-corrected chi connectivity index (χ3v) is 8.25. The van der Waals surface area contributed by atoms with Crippen molar-refractivity contribution in [2.75, 3.05) is 5.32 Å². The monoisotopic (exact) mass is 542 g/mol. The molecule has 40 heavy (non-hydrogen) atoms. The first-order valence-corrected chi connectivity index (χ1v) is 13.7. The molecule has 2 N–H and O–H groups in total. The molecule has 0 aliphatic heterocycles. The molecular weight excluding hydrogens is 510 g/mol. The lowest BCUT2D eigenvalue weighted by atomic mass is 9.82. The largest absolute Gasteiger partial charge is 0.382 e. The minimum atomic E-state index is -1.79. The van der Waals surface area contributed by atoms with Gasteiger partial charge in [-0.3, -0.25) is 4.68 Å². The summed E-state index contributed by atoms with van der Waals surface area (Å²) >= 11 is 0. The van der Waals surface area contributed by atoms with Crippen molar-refractivity contribution in [3.8, 4) is 0 Å². The molecule has 1 fully saturated rings. The Hall–Kier alpha value is -4.11. The highest BCUT2D eigenvalue weighted by Gasteiger charge is 2.41. The number of fused-ring (bicyclic) bond motifs is 1. The van der Waals surface area contributed by atoms with E-state index < -0.39 is 23.3 Å². The molecule has 2 aromatic heterocycles. The lowest BCUT2D eigenvalue weighted by molar-refractivity contribution is -0.0366. The molecular formula is C31H32F2N6O. The van der Waals surface area contributed by atoms with Gasteiger partial charge in [0, 0.05) is 34.9 Å². The topological polar surface area (TPSA) is 80.8 Å². The smallest absolute Gasteiger partial charge is 0.137 e. The highest BCUT2D eigenvalue weighted by atomic mass is 19.1. The number of rotatable bonds is 8. The van der Waals surface area contributed by atoms with Crippen molar-refractivity contribution in [1.82, 2.24) is 24.5 Å². The van der Waals surface area contributed by atoms with E-state index in [1.165, 1.54) is 29.0 Å². The Morgan fingerprint density at radius 1 is 1.02 bits per heavy atom. The van der Waals surface area contributed by atoms with Gasteiger partial charge in [-0.2, -0.15) is 10.2 Å². The summed E-state index contributed by atoms with van der Waals surface area (Å²) in [4.78, 5) is 3.94. The van der Waals surface area contributed by atoms with E-state index in [1.807, 2.05) is 18.3 Å². The van der Waals surface area contributed by atoms with Gasteiger partial charge in [-0.1, -0.05) is 36.4 Å². The number of aliphatic hydroxyl groups is 1. The molecule has 3 aromatic carbocycles. The summed E-state index contributed by atoms with van der Waals surface area (Å²) in [6.07, 6.45) is 9.17. The molecule has 1 saturated carbocycles. The Labute approximate surface area is 231 Å². The maximum Gasteiger partial charge on any atom is 0.137 e. The molecule has 9 heteroatoms. The van der Waals surface area contributed by atoms with Crippen molar-refractivity contribution in [2.45, 2.75) is 62.8 Å². The maximum atomic E-state index is 15.0. The van der Waals surface area contributed by atoms with E-state index in [2.05, 4.69) is 51.8 Å². The van der Waals surface area contributed by atoms with Gasteiger partial charge in [0.2, 0.25) is 0 Å². The molecule has 206 valence electrons. The van der Waals surface area contributed by atoms with E-state index in [1.54, 1.807) is 11.6 Å². The van der Waals surface area contributed by atoms with Gasteiger partial charge in [-0.05, 0) is 68.4 Å². The average molecular weight is 543 g/mol. The van der Waals surface area contributed by atoms with Crippen LogP contribution in [0.25, 0.3) is 10.9 Å². The Morgan fingerprint density at radius 3 is 2.55 bits per heavy atom. The Kier molecular flexibility index (Phi) is 7.06. The van der Waals surface area contributed by atoms with Crippen LogP contribution in [0.3, 0.4) is 0 Å². The second kappa shape index (κ2) is 10.8. The quantitative estimate of drug-likeness (QED) is 0.244. The first-order chi connectivity index (χ1) is 19.4. The lowest BCUT2D eigenvalue weighted by Gasteiger charge is -2.34. The number of benzene rings is 3.